The Bertz CT molecular complexity index is 872. The van der Waals surface area contributed by atoms with Crippen molar-refractivity contribution in [3.8, 4) is 5.75 Å². The lowest BCUT2D eigenvalue weighted by atomic mass is 10.0. The molecule has 0 saturated carbocycles. The first-order chi connectivity index (χ1) is 13.0. The molecule has 6 nitrogen and oxygen atoms in total. The van der Waals surface area contributed by atoms with Crippen molar-refractivity contribution < 1.29 is 23.8 Å². The van der Waals surface area contributed by atoms with Crippen molar-refractivity contribution in [2.45, 2.75) is 0 Å². The number of carbonyl (C=O) groups excluding carboxylic acids is 2. The van der Waals surface area contributed by atoms with Gasteiger partial charge in [0, 0.05) is 41.9 Å². The van der Waals surface area contributed by atoms with E-state index in [1.54, 1.807) is 12.1 Å². The van der Waals surface area contributed by atoms with Crippen LogP contribution >= 0.6 is 0 Å². The van der Waals surface area contributed by atoms with Gasteiger partial charge in [-0.05, 0) is 36.4 Å². The first-order valence-corrected chi connectivity index (χ1v) is 8.77. The van der Waals surface area contributed by atoms with Gasteiger partial charge in [0.1, 0.15) is 0 Å². The molecular weight excluding hydrogens is 351 g/mol. The van der Waals surface area contributed by atoms with E-state index in [-0.39, 0.29) is 11.1 Å². The van der Waals surface area contributed by atoms with E-state index in [2.05, 4.69) is 10.2 Å². The summed E-state index contributed by atoms with van der Waals surface area (Å²) in [6, 6.07) is 9.50. The van der Waals surface area contributed by atoms with Gasteiger partial charge in [0.05, 0.1) is 18.8 Å². The molecule has 2 fully saturated rings. The van der Waals surface area contributed by atoms with E-state index in [0.717, 1.165) is 44.1 Å². The van der Waals surface area contributed by atoms with Crippen LogP contribution in [0.3, 0.4) is 0 Å². The van der Waals surface area contributed by atoms with Crippen molar-refractivity contribution in [2.24, 2.45) is 11.8 Å². The van der Waals surface area contributed by atoms with E-state index in [1.807, 2.05) is 12.1 Å². The van der Waals surface area contributed by atoms with Crippen LogP contribution in [0.2, 0.25) is 0 Å². The highest BCUT2D eigenvalue weighted by atomic mass is 19.1. The minimum absolute atomic E-state index is 0.0381. The number of nitrogens with one attached hydrogen (secondary N) is 1. The first-order valence-electron chi connectivity index (χ1n) is 8.77. The van der Waals surface area contributed by atoms with Crippen LogP contribution in [0.5, 0.6) is 5.75 Å². The van der Waals surface area contributed by atoms with Gasteiger partial charge in [0.25, 0.3) is 5.91 Å². The molecule has 2 atom stereocenters. The number of hydrogen-bond acceptors (Lipinski definition) is 5. The van der Waals surface area contributed by atoms with Crippen molar-refractivity contribution in [3.63, 3.8) is 0 Å². The summed E-state index contributed by atoms with van der Waals surface area (Å²) in [5.74, 6) is -1.16. The zero-order valence-corrected chi connectivity index (χ0v) is 14.5. The van der Waals surface area contributed by atoms with E-state index in [1.165, 1.54) is 0 Å². The normalized spacial score (nSPS) is 21.1. The Balaban J connectivity index is 1.45. The SMILES string of the molecule is O=Cc1cc(C(=O)Nc2ccc(N3CC4COCC4C3)cc2)cc(F)c1O. The molecule has 2 aliphatic heterocycles. The third-order valence-corrected chi connectivity index (χ3v) is 5.21. The van der Waals surface area contributed by atoms with Crippen molar-refractivity contribution in [2.75, 3.05) is 36.5 Å². The lowest BCUT2D eigenvalue weighted by molar-refractivity contribution is 0.102. The maximum absolute atomic E-state index is 13.6. The Morgan fingerprint density at radius 1 is 1.19 bits per heavy atom. The van der Waals surface area contributed by atoms with Crippen LogP contribution in [0.25, 0.3) is 0 Å². The number of anilines is 2. The van der Waals surface area contributed by atoms with Crippen LogP contribution < -0.4 is 10.2 Å². The van der Waals surface area contributed by atoms with Gasteiger partial charge < -0.3 is 20.1 Å². The quantitative estimate of drug-likeness (QED) is 0.809. The molecule has 2 aromatic rings. The van der Waals surface area contributed by atoms with E-state index in [9.17, 15) is 19.1 Å². The van der Waals surface area contributed by atoms with Gasteiger partial charge in [-0.2, -0.15) is 0 Å². The smallest absolute Gasteiger partial charge is 0.255 e. The molecule has 2 aromatic carbocycles. The summed E-state index contributed by atoms with van der Waals surface area (Å²) in [5, 5.41) is 12.1. The molecule has 2 heterocycles. The van der Waals surface area contributed by atoms with Gasteiger partial charge in [-0.25, -0.2) is 4.39 Å². The standard InChI is InChI=1S/C20H19FN2O4/c21-18-6-12(5-13(9-24)19(18)25)20(26)22-16-1-3-17(4-2-16)23-7-14-10-27-11-15(14)8-23/h1-6,9,14-15,25H,7-8,10-11H2,(H,22,26). The summed E-state index contributed by atoms with van der Waals surface area (Å²) in [4.78, 5) is 25.5. The molecule has 0 bridgehead atoms. The van der Waals surface area contributed by atoms with Gasteiger partial charge in [0.15, 0.2) is 17.9 Å². The molecule has 0 radical (unpaired) electrons. The number of carbonyl (C=O) groups is 2. The number of aromatic hydroxyl groups is 1. The van der Waals surface area contributed by atoms with Gasteiger partial charge in [0.2, 0.25) is 0 Å². The molecule has 2 saturated heterocycles. The molecule has 0 spiro atoms. The highest BCUT2D eigenvalue weighted by molar-refractivity contribution is 6.05. The van der Waals surface area contributed by atoms with Crippen LogP contribution in [0.15, 0.2) is 36.4 Å². The van der Waals surface area contributed by atoms with Gasteiger partial charge in [-0.15, -0.1) is 0 Å². The molecule has 1 amide bonds. The molecule has 27 heavy (non-hydrogen) atoms. The number of hydrogen-bond donors (Lipinski definition) is 2. The lowest BCUT2D eigenvalue weighted by Crippen LogP contribution is -2.22. The van der Waals surface area contributed by atoms with E-state index < -0.39 is 17.5 Å². The largest absolute Gasteiger partial charge is 0.504 e. The topological polar surface area (TPSA) is 78.9 Å². The Hall–Kier alpha value is -2.93. The lowest BCUT2D eigenvalue weighted by Gasteiger charge is -2.20. The second kappa shape index (κ2) is 7.00. The van der Waals surface area contributed by atoms with Crippen LogP contribution in [-0.4, -0.2) is 43.6 Å². The molecule has 2 aliphatic rings. The molecule has 140 valence electrons. The number of aldehydes is 1. The van der Waals surface area contributed by atoms with Crippen molar-refractivity contribution in [1.29, 1.82) is 0 Å². The number of phenols is 1. The zero-order chi connectivity index (χ0) is 19.0. The average molecular weight is 370 g/mol. The summed E-state index contributed by atoms with van der Waals surface area (Å²) in [5.41, 5.74) is 1.34. The van der Waals surface area contributed by atoms with Crippen LogP contribution in [0.1, 0.15) is 20.7 Å². The number of rotatable bonds is 4. The number of ether oxygens (including phenoxy) is 1. The molecular formula is C20H19FN2O4. The first kappa shape index (κ1) is 17.5. The fraction of sp³-hybridized carbons (Fsp3) is 0.300. The zero-order valence-electron chi connectivity index (χ0n) is 14.5. The highest BCUT2D eigenvalue weighted by Crippen LogP contribution is 2.33. The number of fused-ring (bicyclic) bond motifs is 1. The molecule has 7 heteroatoms. The number of nitrogens with zero attached hydrogens (tertiary/aromatic N) is 1. The van der Waals surface area contributed by atoms with E-state index >= 15 is 0 Å². The maximum atomic E-state index is 13.6. The molecule has 0 aliphatic carbocycles. The van der Waals surface area contributed by atoms with Crippen LogP contribution in [0, 0.1) is 17.7 Å². The van der Waals surface area contributed by atoms with Gasteiger partial charge in [-0.3, -0.25) is 9.59 Å². The van der Waals surface area contributed by atoms with E-state index in [4.69, 9.17) is 4.74 Å². The van der Waals surface area contributed by atoms with Crippen LogP contribution in [-0.2, 0) is 4.74 Å². The Morgan fingerprint density at radius 3 is 2.48 bits per heavy atom. The Labute approximate surface area is 155 Å². The molecule has 4 rings (SSSR count). The highest BCUT2D eigenvalue weighted by Gasteiger charge is 2.37. The fourth-order valence-corrected chi connectivity index (χ4v) is 3.70. The number of phenolic OH excluding ortho intramolecular Hbond substituents is 1. The van der Waals surface area contributed by atoms with Gasteiger partial charge >= 0.3 is 0 Å². The molecule has 2 N–H and O–H groups in total. The minimum atomic E-state index is -1.01. The second-order valence-corrected chi connectivity index (χ2v) is 6.98. The van der Waals surface area contributed by atoms with Crippen molar-refractivity contribution >= 4 is 23.6 Å². The summed E-state index contributed by atoms with van der Waals surface area (Å²) < 4.78 is 19.1. The Kier molecular flexibility index (Phi) is 4.53. The maximum Gasteiger partial charge on any atom is 0.255 e. The minimum Gasteiger partial charge on any atom is -0.504 e. The average Bonchev–Trinajstić information content (AvgIpc) is 3.26. The second-order valence-electron chi connectivity index (χ2n) is 6.98. The number of benzene rings is 2. The molecule has 0 aromatic heterocycles. The Morgan fingerprint density at radius 2 is 1.85 bits per heavy atom. The summed E-state index contributed by atoms with van der Waals surface area (Å²) in [6.45, 7) is 3.58. The number of amides is 1. The van der Waals surface area contributed by atoms with Gasteiger partial charge in [-0.1, -0.05) is 0 Å². The third kappa shape index (κ3) is 3.38. The molecule has 2 unspecified atom stereocenters. The third-order valence-electron chi connectivity index (χ3n) is 5.21. The number of halogens is 1. The summed E-state index contributed by atoms with van der Waals surface area (Å²) in [7, 11) is 0. The summed E-state index contributed by atoms with van der Waals surface area (Å²) >= 11 is 0. The van der Waals surface area contributed by atoms with Crippen molar-refractivity contribution in [3.05, 3.63) is 53.3 Å². The monoisotopic (exact) mass is 370 g/mol. The van der Waals surface area contributed by atoms with E-state index in [0.29, 0.717) is 23.8 Å². The summed E-state index contributed by atoms with van der Waals surface area (Å²) in [6.07, 6.45) is 0.306. The predicted molar refractivity (Wildman–Crippen MR) is 97.9 cm³/mol. The fourth-order valence-electron chi connectivity index (χ4n) is 3.70. The van der Waals surface area contributed by atoms with Crippen LogP contribution in [0.4, 0.5) is 15.8 Å². The van der Waals surface area contributed by atoms with Crippen molar-refractivity contribution in [1.82, 2.24) is 0 Å². The predicted octanol–water partition coefficient (Wildman–Crippen LogP) is 2.68.